The summed E-state index contributed by atoms with van der Waals surface area (Å²) < 4.78 is 0. The molecule has 1 heterocycles. The molecule has 0 aliphatic rings. The van der Waals surface area contributed by atoms with Gasteiger partial charge in [-0.25, -0.2) is 0 Å². The molecule has 0 aliphatic carbocycles. The lowest BCUT2D eigenvalue weighted by Gasteiger charge is -2.21. The number of aromatic nitrogens is 2. The van der Waals surface area contributed by atoms with Gasteiger partial charge in [0.25, 0.3) is 0 Å². The predicted molar refractivity (Wildman–Crippen MR) is 112 cm³/mol. The first kappa shape index (κ1) is 21.0. The lowest BCUT2D eigenvalue weighted by molar-refractivity contribution is -0.117. The molecule has 3 rings (SSSR count). The second kappa shape index (κ2) is 8.61. The topological polar surface area (TPSA) is 80.9 Å². The van der Waals surface area contributed by atoms with E-state index in [-0.39, 0.29) is 23.7 Å². The van der Waals surface area contributed by atoms with Crippen LogP contribution in [0, 0.1) is 6.92 Å². The summed E-state index contributed by atoms with van der Waals surface area (Å²) in [5, 5.41) is 12.5. The van der Waals surface area contributed by atoms with Gasteiger partial charge in [-0.15, -0.1) is 22.6 Å². The molecule has 1 atom stereocenters. The minimum atomic E-state index is -0.745. The third-order valence-electron chi connectivity index (χ3n) is 4.40. The molecule has 1 amide bonds. The standard InChI is InChI=1S/C20H22N4OS.ClH/c1-13-9-11-14(12-10-13)16(21)17(25)22-19-24-23-18(26-19)20(2,3)15-7-5-4-6-8-15;/h4-12,16H,21H2,1-3H3,(H,22,24,25);1H. The van der Waals surface area contributed by atoms with Crippen LogP contribution in [0.5, 0.6) is 0 Å². The van der Waals surface area contributed by atoms with Gasteiger partial charge in [-0.2, -0.15) is 0 Å². The van der Waals surface area contributed by atoms with Crippen molar-refractivity contribution < 1.29 is 4.79 Å². The Balaban J connectivity index is 0.00000261. The molecule has 0 saturated carbocycles. The second-order valence-corrected chi connectivity index (χ2v) is 7.76. The number of amides is 1. The first-order valence-corrected chi connectivity index (χ1v) is 9.22. The summed E-state index contributed by atoms with van der Waals surface area (Å²) in [4.78, 5) is 12.4. The number of benzene rings is 2. The van der Waals surface area contributed by atoms with Gasteiger partial charge in [0.2, 0.25) is 11.0 Å². The van der Waals surface area contributed by atoms with Crippen molar-refractivity contribution in [2.45, 2.75) is 32.2 Å². The van der Waals surface area contributed by atoms with E-state index in [1.807, 2.05) is 49.4 Å². The third-order valence-corrected chi connectivity index (χ3v) is 5.57. The van der Waals surface area contributed by atoms with Crippen LogP contribution in [0.3, 0.4) is 0 Å². The van der Waals surface area contributed by atoms with Gasteiger partial charge in [0.05, 0.1) is 0 Å². The Morgan fingerprint density at radius 3 is 2.33 bits per heavy atom. The van der Waals surface area contributed by atoms with E-state index in [0.717, 1.165) is 21.7 Å². The molecule has 0 spiro atoms. The predicted octanol–water partition coefficient (Wildman–Crippen LogP) is 4.23. The number of carbonyl (C=O) groups excluding carboxylic acids is 1. The lowest BCUT2D eigenvalue weighted by Crippen LogP contribution is -2.27. The van der Waals surface area contributed by atoms with Crippen LogP contribution in [0.4, 0.5) is 5.13 Å². The Bertz CT molecular complexity index is 894. The molecule has 2 aromatic carbocycles. The van der Waals surface area contributed by atoms with E-state index in [4.69, 9.17) is 5.73 Å². The monoisotopic (exact) mass is 402 g/mol. The summed E-state index contributed by atoms with van der Waals surface area (Å²) in [7, 11) is 0. The van der Waals surface area contributed by atoms with Gasteiger partial charge in [0.1, 0.15) is 11.0 Å². The van der Waals surface area contributed by atoms with Crippen LogP contribution in [0.1, 0.15) is 41.6 Å². The number of carbonyl (C=O) groups is 1. The van der Waals surface area contributed by atoms with E-state index in [1.54, 1.807) is 0 Å². The number of nitrogens with two attached hydrogens (primary N) is 1. The van der Waals surface area contributed by atoms with Crippen molar-refractivity contribution in [1.29, 1.82) is 0 Å². The molecule has 1 unspecified atom stereocenters. The van der Waals surface area contributed by atoms with Crippen molar-refractivity contribution >= 4 is 34.8 Å². The highest BCUT2D eigenvalue weighted by Gasteiger charge is 2.28. The van der Waals surface area contributed by atoms with Crippen LogP contribution in [0.15, 0.2) is 54.6 Å². The summed E-state index contributed by atoms with van der Waals surface area (Å²) in [5.74, 6) is -0.297. The average Bonchev–Trinajstić information content (AvgIpc) is 3.12. The van der Waals surface area contributed by atoms with E-state index >= 15 is 0 Å². The second-order valence-electron chi connectivity index (χ2n) is 6.78. The first-order valence-electron chi connectivity index (χ1n) is 8.40. The zero-order valence-corrected chi connectivity index (χ0v) is 17.1. The van der Waals surface area contributed by atoms with E-state index in [0.29, 0.717) is 5.13 Å². The minimum Gasteiger partial charge on any atom is -0.316 e. The Kier molecular flexibility index (Phi) is 6.70. The van der Waals surface area contributed by atoms with Crippen LogP contribution in [-0.2, 0) is 10.2 Å². The zero-order chi connectivity index (χ0) is 18.7. The summed E-state index contributed by atoms with van der Waals surface area (Å²) in [6.07, 6.45) is 0. The van der Waals surface area contributed by atoms with Gasteiger partial charge in [-0.05, 0) is 31.9 Å². The third kappa shape index (κ3) is 4.71. The molecule has 0 bridgehead atoms. The molecule has 142 valence electrons. The molecule has 27 heavy (non-hydrogen) atoms. The number of aryl methyl sites for hydroxylation is 1. The summed E-state index contributed by atoms with van der Waals surface area (Å²) in [5.41, 5.74) is 8.81. The fourth-order valence-electron chi connectivity index (χ4n) is 2.61. The molecule has 0 fully saturated rings. The highest BCUT2D eigenvalue weighted by Crippen LogP contribution is 2.34. The summed E-state index contributed by atoms with van der Waals surface area (Å²) in [6.45, 7) is 6.17. The maximum Gasteiger partial charge on any atom is 0.247 e. The lowest BCUT2D eigenvalue weighted by atomic mass is 9.85. The van der Waals surface area contributed by atoms with Crippen LogP contribution >= 0.6 is 23.7 Å². The molecular weight excluding hydrogens is 380 g/mol. The molecular formula is C20H23ClN4OS. The van der Waals surface area contributed by atoms with Crippen LogP contribution in [-0.4, -0.2) is 16.1 Å². The maximum atomic E-state index is 12.4. The number of hydrogen-bond donors (Lipinski definition) is 2. The van der Waals surface area contributed by atoms with E-state index < -0.39 is 6.04 Å². The van der Waals surface area contributed by atoms with Crippen molar-refractivity contribution in [1.82, 2.24) is 10.2 Å². The molecule has 0 aliphatic heterocycles. The van der Waals surface area contributed by atoms with Crippen molar-refractivity contribution in [2.75, 3.05) is 5.32 Å². The molecule has 0 saturated heterocycles. The van der Waals surface area contributed by atoms with Crippen LogP contribution < -0.4 is 11.1 Å². The smallest absolute Gasteiger partial charge is 0.247 e. The van der Waals surface area contributed by atoms with Crippen molar-refractivity contribution in [2.24, 2.45) is 5.73 Å². The number of rotatable bonds is 5. The van der Waals surface area contributed by atoms with Gasteiger partial charge in [-0.3, -0.25) is 10.1 Å². The van der Waals surface area contributed by atoms with Crippen LogP contribution in [0.2, 0.25) is 0 Å². The Morgan fingerprint density at radius 1 is 1.07 bits per heavy atom. The van der Waals surface area contributed by atoms with E-state index in [9.17, 15) is 4.79 Å². The molecule has 3 aromatic rings. The molecule has 1 aromatic heterocycles. The average molecular weight is 403 g/mol. The van der Waals surface area contributed by atoms with Gasteiger partial charge >= 0.3 is 0 Å². The highest BCUT2D eigenvalue weighted by atomic mass is 35.5. The van der Waals surface area contributed by atoms with Crippen molar-refractivity contribution in [3.63, 3.8) is 0 Å². The fraction of sp³-hybridized carbons (Fsp3) is 0.250. The summed E-state index contributed by atoms with van der Waals surface area (Å²) in [6, 6.07) is 17.0. The molecule has 3 N–H and O–H groups in total. The van der Waals surface area contributed by atoms with Crippen molar-refractivity contribution in [3.05, 3.63) is 76.3 Å². The number of anilines is 1. The zero-order valence-electron chi connectivity index (χ0n) is 15.5. The number of hydrogen-bond acceptors (Lipinski definition) is 5. The largest absolute Gasteiger partial charge is 0.316 e. The Morgan fingerprint density at radius 2 is 1.70 bits per heavy atom. The first-order chi connectivity index (χ1) is 12.4. The summed E-state index contributed by atoms with van der Waals surface area (Å²) >= 11 is 1.37. The maximum absolute atomic E-state index is 12.4. The molecule has 7 heteroatoms. The van der Waals surface area contributed by atoms with Gasteiger partial charge in [0.15, 0.2) is 0 Å². The van der Waals surface area contributed by atoms with Crippen molar-refractivity contribution in [3.8, 4) is 0 Å². The molecule has 0 radical (unpaired) electrons. The fourth-order valence-corrected chi connectivity index (χ4v) is 3.48. The SMILES string of the molecule is Cc1ccc(C(N)C(=O)Nc2nnc(C(C)(C)c3ccccc3)s2)cc1.Cl. The van der Waals surface area contributed by atoms with Crippen LogP contribution in [0.25, 0.3) is 0 Å². The molecule has 5 nitrogen and oxygen atoms in total. The Labute approximate surface area is 169 Å². The van der Waals surface area contributed by atoms with Gasteiger partial charge in [0, 0.05) is 5.41 Å². The minimum absolute atomic E-state index is 0. The van der Waals surface area contributed by atoms with E-state index in [2.05, 4.69) is 41.5 Å². The highest BCUT2D eigenvalue weighted by molar-refractivity contribution is 7.15. The van der Waals surface area contributed by atoms with Gasteiger partial charge < -0.3 is 5.73 Å². The quantitative estimate of drug-likeness (QED) is 0.669. The normalized spacial score (nSPS) is 12.1. The Hall–Kier alpha value is -2.28. The van der Waals surface area contributed by atoms with E-state index in [1.165, 1.54) is 11.3 Å². The van der Waals surface area contributed by atoms with Gasteiger partial charge in [-0.1, -0.05) is 71.5 Å². The number of nitrogens with one attached hydrogen (secondary N) is 1. The number of nitrogens with zero attached hydrogens (tertiary/aromatic N) is 2. The number of halogens is 1.